The van der Waals surface area contributed by atoms with Crippen molar-refractivity contribution >= 4 is 18.0 Å². The minimum atomic E-state index is -0.753. The summed E-state index contributed by atoms with van der Waals surface area (Å²) in [7, 11) is 1.42. The lowest BCUT2D eigenvalue weighted by Crippen LogP contribution is -2.70. The Morgan fingerprint density at radius 1 is 1.11 bits per heavy atom. The van der Waals surface area contributed by atoms with Gasteiger partial charge in [-0.05, 0) is 48.1 Å². The average Bonchev–Trinajstić information content (AvgIpc) is 3.79. The standard InChI is InChI=1S/C36H42O8/c1-20-23(22-13-14-41-18-22)15-24-30(20)36(4)25(16-29(39)40-5)35(3)27(44-28(38)12-11-21-9-7-6-8-10-21)17-26(37)34(2)19-42-31(32(34)35)33(36)43-24/h6-14,18,23-27,31-33,37H,15-17,19H2,1-5H3/t23-,24-,25-,26-,27+,31-,32?,33-,34-,35+,36-/m1/s1. The predicted octanol–water partition coefficient (Wildman–Crippen LogP) is 5.47. The van der Waals surface area contributed by atoms with Crippen LogP contribution in [-0.2, 0) is 28.5 Å². The molecule has 1 aromatic heterocycles. The van der Waals surface area contributed by atoms with Crippen molar-refractivity contribution in [1.82, 2.24) is 0 Å². The largest absolute Gasteiger partial charge is 0.472 e. The van der Waals surface area contributed by atoms with E-state index < -0.39 is 34.4 Å². The maximum absolute atomic E-state index is 13.4. The van der Waals surface area contributed by atoms with Crippen molar-refractivity contribution in [3.05, 3.63) is 77.3 Å². The quantitative estimate of drug-likeness (QED) is 0.264. The van der Waals surface area contributed by atoms with E-state index in [0.29, 0.717) is 6.61 Å². The van der Waals surface area contributed by atoms with E-state index in [0.717, 1.165) is 17.5 Å². The van der Waals surface area contributed by atoms with Gasteiger partial charge in [0.05, 0.1) is 50.7 Å². The molecule has 0 radical (unpaired) electrons. The van der Waals surface area contributed by atoms with Crippen molar-refractivity contribution in [3.8, 4) is 0 Å². The van der Waals surface area contributed by atoms with Gasteiger partial charge in [-0.15, -0.1) is 0 Å². The first-order chi connectivity index (χ1) is 21.0. The molecule has 1 aromatic carbocycles. The van der Waals surface area contributed by atoms with Crippen molar-refractivity contribution in [2.24, 2.45) is 28.1 Å². The van der Waals surface area contributed by atoms with Gasteiger partial charge in [-0.25, -0.2) is 4.79 Å². The first-order valence-electron chi connectivity index (χ1n) is 15.7. The number of hydrogen-bond acceptors (Lipinski definition) is 8. The number of ether oxygens (including phenoxy) is 4. The number of aliphatic hydroxyl groups excluding tert-OH is 1. The number of carbonyl (C=O) groups excluding carboxylic acids is 2. The van der Waals surface area contributed by atoms with Crippen LogP contribution in [0.2, 0.25) is 0 Å². The molecule has 1 N–H and O–H groups in total. The summed E-state index contributed by atoms with van der Waals surface area (Å²) in [6, 6.07) is 11.6. The molecule has 8 nitrogen and oxygen atoms in total. The van der Waals surface area contributed by atoms with Gasteiger partial charge < -0.3 is 28.5 Å². The molecule has 0 spiro atoms. The van der Waals surface area contributed by atoms with Crippen LogP contribution >= 0.6 is 0 Å². The number of methoxy groups -OCH3 is 1. The Labute approximate surface area is 258 Å². The van der Waals surface area contributed by atoms with Crippen molar-refractivity contribution in [2.75, 3.05) is 13.7 Å². The number of carbonyl (C=O) groups is 2. The molecule has 11 atom stereocenters. The van der Waals surface area contributed by atoms with Crippen LogP contribution in [-0.4, -0.2) is 61.3 Å². The fraction of sp³-hybridized carbons (Fsp3) is 0.556. The highest BCUT2D eigenvalue weighted by Gasteiger charge is 2.78. The molecule has 5 aliphatic rings. The van der Waals surface area contributed by atoms with Gasteiger partial charge in [0, 0.05) is 47.0 Å². The van der Waals surface area contributed by atoms with E-state index in [1.54, 1.807) is 18.6 Å². The monoisotopic (exact) mass is 602 g/mol. The molecule has 8 heteroatoms. The van der Waals surface area contributed by atoms with Gasteiger partial charge >= 0.3 is 11.9 Å². The number of fused-ring (bicyclic) bond motifs is 4. The molecule has 2 saturated carbocycles. The summed E-state index contributed by atoms with van der Waals surface area (Å²) in [6.45, 7) is 8.96. The summed E-state index contributed by atoms with van der Waals surface area (Å²) in [5.74, 6) is -1.17. The average molecular weight is 603 g/mol. The normalized spacial score (nSPS) is 42.2. The zero-order chi connectivity index (χ0) is 31.0. The van der Waals surface area contributed by atoms with E-state index in [9.17, 15) is 14.7 Å². The summed E-state index contributed by atoms with van der Waals surface area (Å²) >= 11 is 0. The molecule has 7 rings (SSSR count). The van der Waals surface area contributed by atoms with Crippen LogP contribution in [0, 0.1) is 28.1 Å². The van der Waals surface area contributed by atoms with Crippen LogP contribution in [0.4, 0.5) is 0 Å². The van der Waals surface area contributed by atoms with Gasteiger partial charge in [0.2, 0.25) is 0 Å². The van der Waals surface area contributed by atoms with Crippen LogP contribution in [0.3, 0.4) is 0 Å². The Hall–Kier alpha value is -3.20. The van der Waals surface area contributed by atoms with Gasteiger partial charge in [-0.1, -0.05) is 56.7 Å². The zero-order valence-electron chi connectivity index (χ0n) is 26.0. The lowest BCUT2D eigenvalue weighted by atomic mass is 9.40. The highest BCUT2D eigenvalue weighted by atomic mass is 16.6. The smallest absolute Gasteiger partial charge is 0.331 e. The van der Waals surface area contributed by atoms with E-state index in [1.807, 2.05) is 36.4 Å². The van der Waals surface area contributed by atoms with Gasteiger partial charge in [0.25, 0.3) is 0 Å². The SMILES string of the molecule is COC(=O)C[C@H]1[C@]2(C)C3=C(C)[C@H](c4ccoc4)C[C@H]3O[C@@H]2[C@@H]2OC[C@@]3(C)C2[C@]1(C)[C@@H](OC(=O)C=Cc1ccccc1)C[C@H]3O. The van der Waals surface area contributed by atoms with Crippen LogP contribution in [0.1, 0.15) is 64.0 Å². The van der Waals surface area contributed by atoms with Crippen molar-refractivity contribution in [1.29, 1.82) is 0 Å². The Balaban J connectivity index is 1.34. The van der Waals surface area contributed by atoms with Gasteiger partial charge in [0.15, 0.2) is 0 Å². The first-order valence-corrected chi connectivity index (χ1v) is 15.7. The van der Waals surface area contributed by atoms with E-state index in [1.165, 1.54) is 24.3 Å². The molecule has 2 aromatic rings. The van der Waals surface area contributed by atoms with Gasteiger partial charge in [0.1, 0.15) is 6.10 Å². The number of furan rings is 1. The molecule has 3 aliphatic carbocycles. The lowest BCUT2D eigenvalue weighted by Gasteiger charge is -2.65. The highest BCUT2D eigenvalue weighted by molar-refractivity contribution is 5.87. The summed E-state index contributed by atoms with van der Waals surface area (Å²) < 4.78 is 30.7. The van der Waals surface area contributed by atoms with Crippen LogP contribution in [0.15, 0.2) is 70.6 Å². The molecule has 0 bridgehead atoms. The minimum absolute atomic E-state index is 0.131. The first kappa shape index (κ1) is 29.5. The number of esters is 2. The molecule has 4 fully saturated rings. The number of benzene rings is 1. The Kier molecular flexibility index (Phi) is 6.99. The Bertz CT molecular complexity index is 1500. The molecule has 234 valence electrons. The van der Waals surface area contributed by atoms with E-state index in [4.69, 9.17) is 23.4 Å². The molecule has 1 unspecified atom stereocenters. The molecular formula is C36H42O8. The summed E-state index contributed by atoms with van der Waals surface area (Å²) in [5.41, 5.74) is 2.51. The van der Waals surface area contributed by atoms with E-state index >= 15 is 0 Å². The lowest BCUT2D eigenvalue weighted by molar-refractivity contribution is -0.248. The third-order valence-corrected chi connectivity index (χ3v) is 12.2. The number of hydrogen-bond donors (Lipinski definition) is 1. The third-order valence-electron chi connectivity index (χ3n) is 12.2. The third kappa shape index (κ3) is 4.06. The van der Waals surface area contributed by atoms with Crippen LogP contribution in [0.25, 0.3) is 6.08 Å². The maximum Gasteiger partial charge on any atom is 0.331 e. The zero-order valence-corrected chi connectivity index (χ0v) is 26.0. The number of allylic oxidation sites excluding steroid dienone is 1. The Morgan fingerprint density at radius 3 is 2.59 bits per heavy atom. The summed E-state index contributed by atoms with van der Waals surface area (Å²) in [6.07, 6.45) is 5.64. The molecule has 3 heterocycles. The Morgan fingerprint density at radius 2 is 1.89 bits per heavy atom. The van der Waals surface area contributed by atoms with Crippen molar-refractivity contribution in [2.45, 2.75) is 83.4 Å². The molecule has 0 amide bonds. The molecular weight excluding hydrogens is 560 g/mol. The van der Waals surface area contributed by atoms with Crippen LogP contribution < -0.4 is 0 Å². The number of rotatable bonds is 6. The van der Waals surface area contributed by atoms with E-state index in [2.05, 4.69) is 27.7 Å². The second kappa shape index (κ2) is 10.4. The van der Waals surface area contributed by atoms with Crippen LogP contribution in [0.5, 0.6) is 0 Å². The summed E-state index contributed by atoms with van der Waals surface area (Å²) in [5, 5.41) is 11.6. The van der Waals surface area contributed by atoms with Gasteiger partial charge in [-0.2, -0.15) is 0 Å². The van der Waals surface area contributed by atoms with Gasteiger partial charge in [-0.3, -0.25) is 4.79 Å². The summed E-state index contributed by atoms with van der Waals surface area (Å²) in [4.78, 5) is 26.7. The topological polar surface area (TPSA) is 104 Å². The van der Waals surface area contributed by atoms with Crippen molar-refractivity contribution < 1.29 is 38.1 Å². The highest BCUT2D eigenvalue weighted by Crippen LogP contribution is 2.73. The second-order valence-corrected chi connectivity index (χ2v) is 14.1. The van der Waals surface area contributed by atoms with Crippen molar-refractivity contribution in [3.63, 3.8) is 0 Å². The fourth-order valence-corrected chi connectivity index (χ4v) is 10.2. The molecule has 2 aliphatic heterocycles. The molecule has 44 heavy (non-hydrogen) atoms. The van der Waals surface area contributed by atoms with E-state index in [-0.39, 0.29) is 54.9 Å². The predicted molar refractivity (Wildman–Crippen MR) is 161 cm³/mol. The number of aliphatic hydroxyl groups is 1. The molecule has 2 saturated heterocycles. The maximum atomic E-state index is 13.4. The second-order valence-electron chi connectivity index (χ2n) is 14.1. The fourth-order valence-electron chi connectivity index (χ4n) is 10.2. The minimum Gasteiger partial charge on any atom is -0.472 e.